The van der Waals surface area contributed by atoms with Crippen LogP contribution in [0.4, 0.5) is 0 Å². The van der Waals surface area contributed by atoms with Crippen molar-refractivity contribution in [3.63, 3.8) is 0 Å². The molecule has 0 aliphatic carbocycles. The number of nitrogens with one attached hydrogen (secondary N) is 1. The van der Waals surface area contributed by atoms with Crippen LogP contribution in [0.1, 0.15) is 18.5 Å². The maximum absolute atomic E-state index is 5.82. The minimum absolute atomic E-state index is 0.318. The summed E-state index contributed by atoms with van der Waals surface area (Å²) in [4.78, 5) is 0. The van der Waals surface area contributed by atoms with Gasteiger partial charge in [-0.3, -0.25) is 0 Å². The third kappa shape index (κ3) is 3.34. The molecule has 0 bridgehead atoms. The van der Waals surface area contributed by atoms with E-state index in [1.807, 2.05) is 43.4 Å². The van der Waals surface area contributed by atoms with E-state index in [0.29, 0.717) is 6.04 Å². The lowest BCUT2D eigenvalue weighted by atomic mass is 10.1. The SMILES string of the molecule is CNC(C)c1cccc(Oc2ccc(Br)cc2)c1. The van der Waals surface area contributed by atoms with Crippen molar-refractivity contribution in [2.45, 2.75) is 13.0 Å². The molecule has 0 saturated heterocycles. The molecule has 0 amide bonds. The molecule has 0 radical (unpaired) electrons. The van der Waals surface area contributed by atoms with Crippen LogP contribution in [0, 0.1) is 0 Å². The van der Waals surface area contributed by atoms with E-state index in [1.54, 1.807) is 0 Å². The predicted octanol–water partition coefficient (Wildman–Crippen LogP) is 4.52. The van der Waals surface area contributed by atoms with Gasteiger partial charge in [-0.15, -0.1) is 0 Å². The second kappa shape index (κ2) is 6.03. The first-order valence-electron chi connectivity index (χ1n) is 5.89. The Morgan fingerprint density at radius 3 is 2.44 bits per heavy atom. The van der Waals surface area contributed by atoms with Gasteiger partial charge in [0.25, 0.3) is 0 Å². The Morgan fingerprint density at radius 2 is 1.78 bits per heavy atom. The van der Waals surface area contributed by atoms with Gasteiger partial charge in [0.05, 0.1) is 0 Å². The molecule has 0 aliphatic rings. The van der Waals surface area contributed by atoms with E-state index < -0.39 is 0 Å². The van der Waals surface area contributed by atoms with Crippen LogP contribution in [0.5, 0.6) is 11.5 Å². The molecule has 94 valence electrons. The van der Waals surface area contributed by atoms with Gasteiger partial charge in [0.15, 0.2) is 0 Å². The Kier molecular flexibility index (Phi) is 4.39. The fourth-order valence-electron chi connectivity index (χ4n) is 1.65. The molecular weight excluding hydrogens is 290 g/mol. The second-order valence-corrected chi connectivity index (χ2v) is 5.05. The van der Waals surface area contributed by atoms with Crippen LogP contribution in [0.25, 0.3) is 0 Å². The summed E-state index contributed by atoms with van der Waals surface area (Å²) in [5.74, 6) is 1.70. The lowest BCUT2D eigenvalue weighted by Gasteiger charge is -2.12. The maximum Gasteiger partial charge on any atom is 0.127 e. The van der Waals surface area contributed by atoms with Gasteiger partial charge in [-0.2, -0.15) is 0 Å². The second-order valence-electron chi connectivity index (χ2n) is 4.14. The van der Waals surface area contributed by atoms with Crippen LogP contribution >= 0.6 is 15.9 Å². The Bertz CT molecular complexity index is 510. The number of halogens is 1. The number of ether oxygens (including phenoxy) is 1. The van der Waals surface area contributed by atoms with Gasteiger partial charge in [0.2, 0.25) is 0 Å². The summed E-state index contributed by atoms with van der Waals surface area (Å²) in [7, 11) is 1.95. The molecule has 18 heavy (non-hydrogen) atoms. The van der Waals surface area contributed by atoms with Gasteiger partial charge >= 0.3 is 0 Å². The lowest BCUT2D eigenvalue weighted by molar-refractivity contribution is 0.480. The third-order valence-corrected chi connectivity index (χ3v) is 3.37. The van der Waals surface area contributed by atoms with E-state index in [9.17, 15) is 0 Å². The molecule has 1 unspecified atom stereocenters. The van der Waals surface area contributed by atoms with Crippen molar-refractivity contribution < 1.29 is 4.74 Å². The fraction of sp³-hybridized carbons (Fsp3) is 0.200. The normalized spacial score (nSPS) is 12.2. The Hall–Kier alpha value is -1.32. The third-order valence-electron chi connectivity index (χ3n) is 2.84. The van der Waals surface area contributed by atoms with Crippen LogP contribution in [0.3, 0.4) is 0 Å². The van der Waals surface area contributed by atoms with Gasteiger partial charge in [0.1, 0.15) is 11.5 Å². The lowest BCUT2D eigenvalue weighted by Crippen LogP contribution is -2.11. The highest BCUT2D eigenvalue weighted by molar-refractivity contribution is 9.10. The smallest absolute Gasteiger partial charge is 0.127 e. The molecule has 1 N–H and O–H groups in total. The minimum atomic E-state index is 0.318. The summed E-state index contributed by atoms with van der Waals surface area (Å²) in [5.41, 5.74) is 1.21. The molecule has 0 aromatic heterocycles. The summed E-state index contributed by atoms with van der Waals surface area (Å²) in [5, 5.41) is 3.22. The highest BCUT2D eigenvalue weighted by Gasteiger charge is 2.04. The zero-order valence-electron chi connectivity index (χ0n) is 10.5. The molecule has 2 rings (SSSR count). The van der Waals surface area contributed by atoms with E-state index in [2.05, 4.69) is 40.3 Å². The van der Waals surface area contributed by atoms with Gasteiger partial charge in [-0.1, -0.05) is 28.1 Å². The molecule has 0 aliphatic heterocycles. The summed E-state index contributed by atoms with van der Waals surface area (Å²) in [6.45, 7) is 2.12. The zero-order chi connectivity index (χ0) is 13.0. The fourth-order valence-corrected chi connectivity index (χ4v) is 1.92. The summed E-state index contributed by atoms with van der Waals surface area (Å²) >= 11 is 3.41. The van der Waals surface area contributed by atoms with Crippen LogP contribution < -0.4 is 10.1 Å². The summed E-state index contributed by atoms with van der Waals surface area (Å²) < 4.78 is 6.87. The van der Waals surface area contributed by atoms with Gasteiger partial charge in [-0.25, -0.2) is 0 Å². The number of hydrogen-bond donors (Lipinski definition) is 1. The van der Waals surface area contributed by atoms with E-state index in [0.717, 1.165) is 16.0 Å². The van der Waals surface area contributed by atoms with Crippen LogP contribution in [0.2, 0.25) is 0 Å². The number of benzene rings is 2. The average Bonchev–Trinajstić information content (AvgIpc) is 2.41. The minimum Gasteiger partial charge on any atom is -0.457 e. The highest BCUT2D eigenvalue weighted by Crippen LogP contribution is 2.25. The quantitative estimate of drug-likeness (QED) is 0.896. The molecule has 2 aromatic carbocycles. The molecule has 2 aromatic rings. The molecule has 0 saturated carbocycles. The Labute approximate surface area is 116 Å². The molecule has 3 heteroatoms. The van der Waals surface area contributed by atoms with Crippen molar-refractivity contribution in [2.24, 2.45) is 0 Å². The monoisotopic (exact) mass is 305 g/mol. The van der Waals surface area contributed by atoms with Crippen molar-refractivity contribution in [3.8, 4) is 11.5 Å². The average molecular weight is 306 g/mol. The first kappa shape index (κ1) is 13.1. The van der Waals surface area contributed by atoms with Crippen LogP contribution in [-0.4, -0.2) is 7.05 Å². The standard InChI is InChI=1S/C15H16BrNO/c1-11(17-2)12-4-3-5-15(10-12)18-14-8-6-13(16)7-9-14/h3-11,17H,1-2H3. The molecular formula is C15H16BrNO. The van der Waals surface area contributed by atoms with E-state index in [4.69, 9.17) is 4.74 Å². The Morgan fingerprint density at radius 1 is 1.06 bits per heavy atom. The van der Waals surface area contributed by atoms with Crippen LogP contribution in [-0.2, 0) is 0 Å². The van der Waals surface area contributed by atoms with E-state index >= 15 is 0 Å². The van der Waals surface area contributed by atoms with E-state index in [-0.39, 0.29) is 0 Å². The molecule has 0 fully saturated rings. The molecule has 1 atom stereocenters. The van der Waals surface area contributed by atoms with Crippen molar-refractivity contribution >= 4 is 15.9 Å². The van der Waals surface area contributed by atoms with Crippen molar-refractivity contribution in [3.05, 3.63) is 58.6 Å². The molecule has 0 spiro atoms. The highest BCUT2D eigenvalue weighted by atomic mass is 79.9. The largest absolute Gasteiger partial charge is 0.457 e. The van der Waals surface area contributed by atoms with E-state index in [1.165, 1.54) is 5.56 Å². The van der Waals surface area contributed by atoms with Crippen molar-refractivity contribution in [1.82, 2.24) is 5.32 Å². The van der Waals surface area contributed by atoms with Crippen molar-refractivity contribution in [2.75, 3.05) is 7.05 Å². The molecule has 0 heterocycles. The Balaban J connectivity index is 2.16. The zero-order valence-corrected chi connectivity index (χ0v) is 12.1. The van der Waals surface area contributed by atoms with Gasteiger partial charge < -0.3 is 10.1 Å². The van der Waals surface area contributed by atoms with Crippen molar-refractivity contribution in [1.29, 1.82) is 0 Å². The number of rotatable bonds is 4. The summed E-state index contributed by atoms with van der Waals surface area (Å²) in [6, 6.07) is 16.3. The number of hydrogen-bond acceptors (Lipinski definition) is 2. The maximum atomic E-state index is 5.82. The predicted molar refractivity (Wildman–Crippen MR) is 78.1 cm³/mol. The van der Waals surface area contributed by atoms with Gasteiger partial charge in [0, 0.05) is 10.5 Å². The summed E-state index contributed by atoms with van der Waals surface area (Å²) in [6.07, 6.45) is 0. The van der Waals surface area contributed by atoms with Crippen LogP contribution in [0.15, 0.2) is 53.0 Å². The first-order chi connectivity index (χ1) is 8.69. The topological polar surface area (TPSA) is 21.3 Å². The first-order valence-corrected chi connectivity index (χ1v) is 6.69. The van der Waals surface area contributed by atoms with Gasteiger partial charge in [-0.05, 0) is 55.9 Å². The molecule has 2 nitrogen and oxygen atoms in total.